The summed E-state index contributed by atoms with van der Waals surface area (Å²) in [7, 11) is 0. The van der Waals surface area contributed by atoms with E-state index in [0.29, 0.717) is 5.92 Å². The third-order valence-electron chi connectivity index (χ3n) is 4.24. The maximum atomic E-state index is 6.04. The molecule has 0 radical (unpaired) electrons. The summed E-state index contributed by atoms with van der Waals surface area (Å²) < 4.78 is 6.04. The number of para-hydroxylation sites is 1. The van der Waals surface area contributed by atoms with Gasteiger partial charge in [0, 0.05) is 0 Å². The van der Waals surface area contributed by atoms with E-state index < -0.39 is 0 Å². The van der Waals surface area contributed by atoms with E-state index in [1.807, 2.05) is 0 Å². The molecule has 0 bridgehead atoms. The fourth-order valence-corrected chi connectivity index (χ4v) is 2.74. The van der Waals surface area contributed by atoms with Gasteiger partial charge in [-0.1, -0.05) is 32.0 Å². The van der Waals surface area contributed by atoms with Crippen LogP contribution in [-0.2, 0) is 0 Å². The first-order valence-electron chi connectivity index (χ1n) is 7.73. The molecule has 0 aromatic heterocycles. The predicted octanol–water partition coefficient (Wildman–Crippen LogP) is 3.97. The Bertz CT molecular complexity index is 371. The maximum absolute atomic E-state index is 6.04. The van der Waals surface area contributed by atoms with Crippen LogP contribution in [0.25, 0.3) is 0 Å². The topological polar surface area (TPSA) is 21.3 Å². The molecule has 0 aliphatic carbocycles. The van der Waals surface area contributed by atoms with Gasteiger partial charge in [-0.15, -0.1) is 0 Å². The summed E-state index contributed by atoms with van der Waals surface area (Å²) in [5, 5.41) is 3.47. The van der Waals surface area contributed by atoms with Crippen molar-refractivity contribution in [3.8, 4) is 5.75 Å². The number of ether oxygens (including phenoxy) is 1. The molecule has 1 N–H and O–H groups in total. The van der Waals surface area contributed by atoms with Gasteiger partial charge < -0.3 is 10.1 Å². The molecular weight excluding hydrogens is 234 g/mol. The van der Waals surface area contributed by atoms with Gasteiger partial charge in [-0.3, -0.25) is 0 Å². The highest BCUT2D eigenvalue weighted by Crippen LogP contribution is 2.28. The van der Waals surface area contributed by atoms with E-state index in [4.69, 9.17) is 4.74 Å². The Morgan fingerprint density at radius 1 is 1.37 bits per heavy atom. The van der Waals surface area contributed by atoms with E-state index in [-0.39, 0.29) is 0 Å². The average molecular weight is 261 g/mol. The van der Waals surface area contributed by atoms with Crippen LogP contribution in [0.15, 0.2) is 24.3 Å². The summed E-state index contributed by atoms with van der Waals surface area (Å²) in [5.74, 6) is 2.46. The molecule has 1 aliphatic rings. The third kappa shape index (κ3) is 4.24. The molecule has 0 spiro atoms. The summed E-state index contributed by atoms with van der Waals surface area (Å²) in [6.45, 7) is 7.70. The van der Waals surface area contributed by atoms with Crippen molar-refractivity contribution in [2.45, 2.75) is 45.4 Å². The molecule has 2 heteroatoms. The molecule has 1 saturated heterocycles. The standard InChI is InChI=1S/C17H27NO/c1-3-14(2)16-8-4-5-9-17(16)19-12-10-15-7-6-11-18-13-15/h4-5,8-9,14-15,18H,3,6-7,10-13H2,1-2H3/t14-,15+/m0/s1. The highest BCUT2D eigenvalue weighted by atomic mass is 16.5. The Kier molecular flexibility index (Phi) is 5.71. The van der Waals surface area contributed by atoms with Gasteiger partial charge in [0.25, 0.3) is 0 Å². The second-order valence-electron chi connectivity index (χ2n) is 5.70. The first kappa shape index (κ1) is 14.4. The summed E-state index contributed by atoms with van der Waals surface area (Å²) >= 11 is 0. The second kappa shape index (κ2) is 7.54. The molecule has 19 heavy (non-hydrogen) atoms. The number of rotatable bonds is 6. The molecule has 106 valence electrons. The Labute approximate surface area is 117 Å². The Morgan fingerprint density at radius 3 is 2.95 bits per heavy atom. The SMILES string of the molecule is CC[C@H](C)c1ccccc1OCC[C@H]1CCCNC1. The quantitative estimate of drug-likeness (QED) is 0.836. The Morgan fingerprint density at radius 2 is 2.21 bits per heavy atom. The van der Waals surface area contributed by atoms with E-state index in [1.54, 1.807) is 0 Å². The first-order chi connectivity index (χ1) is 9.31. The lowest BCUT2D eigenvalue weighted by molar-refractivity contribution is 0.251. The number of hydrogen-bond donors (Lipinski definition) is 1. The minimum absolute atomic E-state index is 0.576. The molecule has 1 aliphatic heterocycles. The molecule has 1 heterocycles. The number of piperidine rings is 1. The lowest BCUT2D eigenvalue weighted by Crippen LogP contribution is -2.30. The normalized spacial score (nSPS) is 21.1. The van der Waals surface area contributed by atoms with Gasteiger partial charge >= 0.3 is 0 Å². The van der Waals surface area contributed by atoms with Gasteiger partial charge in [-0.05, 0) is 62.2 Å². The van der Waals surface area contributed by atoms with Crippen molar-refractivity contribution in [2.24, 2.45) is 5.92 Å². The predicted molar refractivity (Wildman–Crippen MR) is 80.9 cm³/mol. The van der Waals surface area contributed by atoms with Gasteiger partial charge in [-0.2, -0.15) is 0 Å². The fraction of sp³-hybridized carbons (Fsp3) is 0.647. The fourth-order valence-electron chi connectivity index (χ4n) is 2.74. The summed E-state index contributed by atoms with van der Waals surface area (Å²) in [6, 6.07) is 8.50. The molecule has 0 unspecified atom stereocenters. The van der Waals surface area contributed by atoms with Crippen molar-refractivity contribution in [1.82, 2.24) is 5.32 Å². The van der Waals surface area contributed by atoms with E-state index in [2.05, 4.69) is 43.4 Å². The Hall–Kier alpha value is -1.02. The highest BCUT2D eigenvalue weighted by Gasteiger charge is 2.14. The Balaban J connectivity index is 1.84. The van der Waals surface area contributed by atoms with Crippen molar-refractivity contribution in [1.29, 1.82) is 0 Å². The van der Waals surface area contributed by atoms with Crippen molar-refractivity contribution in [3.63, 3.8) is 0 Å². The number of nitrogens with one attached hydrogen (secondary N) is 1. The van der Waals surface area contributed by atoms with E-state index in [9.17, 15) is 0 Å². The van der Waals surface area contributed by atoms with Crippen LogP contribution in [0.3, 0.4) is 0 Å². The van der Waals surface area contributed by atoms with E-state index in [0.717, 1.165) is 31.2 Å². The zero-order valence-electron chi connectivity index (χ0n) is 12.3. The molecule has 2 rings (SSSR count). The molecule has 0 saturated carbocycles. The second-order valence-corrected chi connectivity index (χ2v) is 5.70. The van der Waals surface area contributed by atoms with Crippen LogP contribution in [0.1, 0.15) is 51.0 Å². The lowest BCUT2D eigenvalue weighted by atomic mass is 9.96. The van der Waals surface area contributed by atoms with Gasteiger partial charge in [0.2, 0.25) is 0 Å². The van der Waals surface area contributed by atoms with Crippen LogP contribution in [0.2, 0.25) is 0 Å². The molecule has 1 fully saturated rings. The van der Waals surface area contributed by atoms with Gasteiger partial charge in [0.05, 0.1) is 6.61 Å². The lowest BCUT2D eigenvalue weighted by Gasteiger charge is -2.23. The summed E-state index contributed by atoms with van der Waals surface area (Å²) in [6.07, 6.45) is 4.99. The zero-order valence-corrected chi connectivity index (χ0v) is 12.3. The van der Waals surface area contributed by atoms with Crippen molar-refractivity contribution in [3.05, 3.63) is 29.8 Å². The van der Waals surface area contributed by atoms with Crippen LogP contribution in [-0.4, -0.2) is 19.7 Å². The third-order valence-corrected chi connectivity index (χ3v) is 4.24. The van der Waals surface area contributed by atoms with Crippen LogP contribution < -0.4 is 10.1 Å². The molecule has 2 atom stereocenters. The smallest absolute Gasteiger partial charge is 0.122 e. The van der Waals surface area contributed by atoms with Crippen molar-refractivity contribution < 1.29 is 4.74 Å². The van der Waals surface area contributed by atoms with Gasteiger partial charge in [0.15, 0.2) is 0 Å². The van der Waals surface area contributed by atoms with Crippen LogP contribution in [0.4, 0.5) is 0 Å². The van der Waals surface area contributed by atoms with E-state index in [1.165, 1.54) is 31.4 Å². The van der Waals surface area contributed by atoms with E-state index >= 15 is 0 Å². The number of benzene rings is 1. The van der Waals surface area contributed by atoms with Crippen LogP contribution in [0.5, 0.6) is 5.75 Å². The highest BCUT2D eigenvalue weighted by molar-refractivity contribution is 5.35. The maximum Gasteiger partial charge on any atom is 0.122 e. The molecule has 1 aromatic carbocycles. The minimum atomic E-state index is 0.576. The largest absolute Gasteiger partial charge is 0.493 e. The molecule has 0 amide bonds. The average Bonchev–Trinajstić information content (AvgIpc) is 2.48. The molecule has 1 aromatic rings. The zero-order chi connectivity index (χ0) is 13.5. The number of hydrogen-bond acceptors (Lipinski definition) is 2. The first-order valence-corrected chi connectivity index (χ1v) is 7.73. The van der Waals surface area contributed by atoms with Crippen molar-refractivity contribution >= 4 is 0 Å². The molecule has 2 nitrogen and oxygen atoms in total. The summed E-state index contributed by atoms with van der Waals surface area (Å²) in [5.41, 5.74) is 1.35. The summed E-state index contributed by atoms with van der Waals surface area (Å²) in [4.78, 5) is 0. The monoisotopic (exact) mass is 261 g/mol. The van der Waals surface area contributed by atoms with Crippen LogP contribution in [0, 0.1) is 5.92 Å². The van der Waals surface area contributed by atoms with Gasteiger partial charge in [0.1, 0.15) is 5.75 Å². The van der Waals surface area contributed by atoms with Crippen LogP contribution >= 0.6 is 0 Å². The molecular formula is C17H27NO. The van der Waals surface area contributed by atoms with Crippen molar-refractivity contribution in [2.75, 3.05) is 19.7 Å². The van der Waals surface area contributed by atoms with Gasteiger partial charge in [-0.25, -0.2) is 0 Å². The minimum Gasteiger partial charge on any atom is -0.493 e.